The molecule has 0 bridgehead atoms. The third-order valence-electron chi connectivity index (χ3n) is 5.17. The molecule has 31 heavy (non-hydrogen) atoms. The van der Waals surface area contributed by atoms with Gasteiger partial charge in [-0.2, -0.15) is 10.1 Å². The Labute approximate surface area is 191 Å². The van der Waals surface area contributed by atoms with E-state index in [2.05, 4.69) is 37.0 Å². The summed E-state index contributed by atoms with van der Waals surface area (Å²) in [6.45, 7) is 6.30. The van der Waals surface area contributed by atoms with Crippen LogP contribution in [0, 0.1) is 12.7 Å². The molecule has 1 aromatic carbocycles. The summed E-state index contributed by atoms with van der Waals surface area (Å²) in [7, 11) is 0. The van der Waals surface area contributed by atoms with Crippen molar-refractivity contribution >= 4 is 41.7 Å². The second-order valence-corrected chi connectivity index (χ2v) is 7.62. The van der Waals surface area contributed by atoms with Gasteiger partial charge in [0.15, 0.2) is 5.82 Å². The van der Waals surface area contributed by atoms with Crippen molar-refractivity contribution in [2.75, 3.05) is 43.4 Å². The quantitative estimate of drug-likeness (QED) is 0.622. The topological polar surface area (TPSA) is 76.1 Å². The summed E-state index contributed by atoms with van der Waals surface area (Å²) in [5.41, 5.74) is 8.51. The van der Waals surface area contributed by atoms with Gasteiger partial charge in [0.05, 0.1) is 11.9 Å². The number of hydrogen-bond donors (Lipinski definition) is 1. The molecule has 2 aromatic heterocycles. The zero-order valence-electron chi connectivity index (χ0n) is 17.1. The highest BCUT2D eigenvalue weighted by atomic mass is 35.5. The van der Waals surface area contributed by atoms with E-state index in [1.165, 1.54) is 12.1 Å². The molecular formula is C21H24Cl2FN7. The molecule has 164 valence electrons. The van der Waals surface area contributed by atoms with Crippen LogP contribution in [-0.2, 0) is 0 Å². The van der Waals surface area contributed by atoms with E-state index in [-0.39, 0.29) is 24.2 Å². The Kier molecular flexibility index (Phi) is 7.48. The molecule has 0 spiro atoms. The van der Waals surface area contributed by atoms with Crippen LogP contribution in [0.15, 0.2) is 42.7 Å². The summed E-state index contributed by atoms with van der Waals surface area (Å²) in [6.07, 6.45) is 7.64. The van der Waals surface area contributed by atoms with Gasteiger partial charge in [0.1, 0.15) is 5.82 Å². The summed E-state index contributed by atoms with van der Waals surface area (Å²) in [5, 5.41) is 4.83. The van der Waals surface area contributed by atoms with Gasteiger partial charge in [0.25, 0.3) is 0 Å². The van der Waals surface area contributed by atoms with Crippen molar-refractivity contribution in [3.8, 4) is 5.82 Å². The van der Waals surface area contributed by atoms with Crippen LogP contribution in [-0.4, -0.2) is 57.4 Å². The first-order chi connectivity index (χ1) is 14.5. The van der Waals surface area contributed by atoms with Gasteiger partial charge in [-0.3, -0.25) is 4.90 Å². The predicted octanol–water partition coefficient (Wildman–Crippen LogP) is 3.60. The minimum Gasteiger partial charge on any atom is -0.369 e. The smallest absolute Gasteiger partial charge is 0.221 e. The van der Waals surface area contributed by atoms with Crippen LogP contribution in [0.25, 0.3) is 11.9 Å². The van der Waals surface area contributed by atoms with Gasteiger partial charge in [-0.1, -0.05) is 23.8 Å². The Bertz CT molecular complexity index is 1040. The maximum absolute atomic E-state index is 13.6. The fourth-order valence-corrected chi connectivity index (χ4v) is 3.75. The molecule has 0 atom stereocenters. The maximum Gasteiger partial charge on any atom is 0.221 e. The lowest BCUT2D eigenvalue weighted by Gasteiger charge is -2.35. The molecule has 1 aliphatic rings. The van der Waals surface area contributed by atoms with Crippen molar-refractivity contribution in [1.29, 1.82) is 0 Å². The van der Waals surface area contributed by atoms with Crippen molar-refractivity contribution in [1.82, 2.24) is 24.6 Å². The summed E-state index contributed by atoms with van der Waals surface area (Å²) in [6, 6.07) is 6.45. The van der Waals surface area contributed by atoms with Crippen LogP contribution in [0.5, 0.6) is 0 Å². The molecule has 0 unspecified atom stereocenters. The van der Waals surface area contributed by atoms with E-state index in [0.717, 1.165) is 49.7 Å². The monoisotopic (exact) mass is 463 g/mol. The van der Waals surface area contributed by atoms with Gasteiger partial charge >= 0.3 is 0 Å². The number of aromatic nitrogens is 4. The molecule has 0 amide bonds. The van der Waals surface area contributed by atoms with E-state index in [1.807, 2.05) is 19.2 Å². The normalized spacial score (nSPS) is 14.7. The molecule has 1 aliphatic heterocycles. The van der Waals surface area contributed by atoms with E-state index in [9.17, 15) is 4.39 Å². The highest BCUT2D eigenvalue weighted by Gasteiger charge is 2.17. The fourth-order valence-electron chi connectivity index (χ4n) is 3.54. The van der Waals surface area contributed by atoms with Crippen LogP contribution >= 0.6 is 24.0 Å². The molecule has 10 heteroatoms. The third-order valence-corrected chi connectivity index (χ3v) is 5.39. The lowest BCUT2D eigenvalue weighted by Crippen LogP contribution is -2.46. The number of nitrogen functional groups attached to an aromatic ring is 1. The molecule has 0 saturated carbocycles. The Morgan fingerprint density at radius 3 is 2.68 bits per heavy atom. The second-order valence-electron chi connectivity index (χ2n) is 7.19. The van der Waals surface area contributed by atoms with Crippen LogP contribution < -0.4 is 10.6 Å². The molecule has 0 radical (unpaired) electrons. The largest absolute Gasteiger partial charge is 0.369 e. The molecule has 1 fully saturated rings. The molecular weight excluding hydrogens is 440 g/mol. The summed E-state index contributed by atoms with van der Waals surface area (Å²) >= 11 is 5.98. The molecule has 3 aromatic rings. The molecule has 0 aliphatic carbocycles. The molecule has 4 rings (SSSR count). The Balaban J connectivity index is 0.00000272. The number of nitrogens with zero attached hydrogens (tertiary/aromatic N) is 6. The minimum absolute atomic E-state index is 0. The number of hydrogen-bond acceptors (Lipinski definition) is 6. The standard InChI is InChI=1S/C21H23ClFN7.ClH/c1-15-16(14-26-30(15)20-4-5-25-21(24)27-20)3-2-6-28-7-9-29(10-8-28)19-12-17(22)11-18(23)13-19;/h2-5,11-14H,6-10H2,1H3,(H2,24,25,27);1H. The van der Waals surface area contributed by atoms with Crippen molar-refractivity contribution in [2.24, 2.45) is 0 Å². The average molecular weight is 464 g/mol. The van der Waals surface area contributed by atoms with Gasteiger partial charge in [0.2, 0.25) is 5.95 Å². The third kappa shape index (κ3) is 5.52. The van der Waals surface area contributed by atoms with E-state index in [0.29, 0.717) is 10.8 Å². The highest BCUT2D eigenvalue weighted by molar-refractivity contribution is 6.30. The Morgan fingerprint density at radius 2 is 1.97 bits per heavy atom. The fraction of sp³-hybridized carbons (Fsp3) is 0.286. The van der Waals surface area contributed by atoms with Gasteiger partial charge < -0.3 is 10.6 Å². The van der Waals surface area contributed by atoms with Crippen molar-refractivity contribution < 1.29 is 4.39 Å². The molecule has 7 nitrogen and oxygen atoms in total. The Morgan fingerprint density at radius 1 is 1.19 bits per heavy atom. The lowest BCUT2D eigenvalue weighted by atomic mass is 10.2. The average Bonchev–Trinajstić information content (AvgIpc) is 3.08. The number of piperazine rings is 1. The zero-order valence-corrected chi connectivity index (χ0v) is 18.7. The second kappa shape index (κ2) is 10.1. The van der Waals surface area contributed by atoms with Crippen LogP contribution in [0.3, 0.4) is 0 Å². The van der Waals surface area contributed by atoms with E-state index in [1.54, 1.807) is 16.9 Å². The zero-order chi connectivity index (χ0) is 21.1. The van der Waals surface area contributed by atoms with Gasteiger partial charge in [0, 0.05) is 61.3 Å². The number of rotatable bonds is 5. The first-order valence-electron chi connectivity index (χ1n) is 9.73. The van der Waals surface area contributed by atoms with E-state index < -0.39 is 0 Å². The first kappa shape index (κ1) is 23.0. The molecule has 1 saturated heterocycles. The predicted molar refractivity (Wildman–Crippen MR) is 125 cm³/mol. The summed E-state index contributed by atoms with van der Waals surface area (Å²) < 4.78 is 15.3. The Hall–Kier alpha value is -2.68. The number of halogens is 3. The van der Waals surface area contributed by atoms with Gasteiger partial charge in [-0.05, 0) is 25.1 Å². The minimum atomic E-state index is -0.302. The van der Waals surface area contributed by atoms with E-state index in [4.69, 9.17) is 17.3 Å². The number of anilines is 2. The van der Waals surface area contributed by atoms with Crippen molar-refractivity contribution in [3.63, 3.8) is 0 Å². The molecule has 3 heterocycles. The maximum atomic E-state index is 13.6. The SMILES string of the molecule is Cc1c(C=CCN2CCN(c3cc(F)cc(Cl)c3)CC2)cnn1-c1ccnc(N)n1.Cl. The van der Waals surface area contributed by atoms with Crippen molar-refractivity contribution in [3.05, 3.63) is 64.8 Å². The summed E-state index contributed by atoms with van der Waals surface area (Å²) in [4.78, 5) is 12.6. The van der Waals surface area contributed by atoms with Crippen molar-refractivity contribution in [2.45, 2.75) is 6.92 Å². The van der Waals surface area contributed by atoms with E-state index >= 15 is 0 Å². The number of nitrogens with two attached hydrogens (primary N) is 1. The van der Waals surface area contributed by atoms with Crippen LogP contribution in [0.2, 0.25) is 5.02 Å². The highest BCUT2D eigenvalue weighted by Crippen LogP contribution is 2.23. The number of benzene rings is 1. The van der Waals surface area contributed by atoms with Gasteiger partial charge in [-0.15, -0.1) is 12.4 Å². The van der Waals surface area contributed by atoms with Gasteiger partial charge in [-0.25, -0.2) is 14.1 Å². The first-order valence-corrected chi connectivity index (χ1v) is 10.1. The van der Waals surface area contributed by atoms with Crippen LogP contribution in [0.1, 0.15) is 11.3 Å². The molecule has 2 N–H and O–H groups in total. The summed E-state index contributed by atoms with van der Waals surface area (Å²) in [5.74, 6) is 0.566. The lowest BCUT2D eigenvalue weighted by molar-refractivity contribution is 0.284. The van der Waals surface area contributed by atoms with Crippen LogP contribution in [0.4, 0.5) is 16.0 Å².